The van der Waals surface area contributed by atoms with Crippen LogP contribution in [0.3, 0.4) is 0 Å². The number of anilines is 2. The fourth-order valence-electron chi connectivity index (χ4n) is 4.42. The minimum absolute atomic E-state index is 0.0249. The second-order valence-corrected chi connectivity index (χ2v) is 9.57. The van der Waals surface area contributed by atoms with Crippen molar-refractivity contribution in [2.24, 2.45) is 11.5 Å². The molecular formula is C27H34N10O6. The number of carboxylic acid groups (broad SMARTS) is 1. The lowest BCUT2D eigenvalue weighted by atomic mass is 10.0. The number of carbonyl (C=O) groups excluding carboxylic acids is 4. The molecule has 228 valence electrons. The van der Waals surface area contributed by atoms with Crippen molar-refractivity contribution in [1.29, 1.82) is 10.8 Å². The van der Waals surface area contributed by atoms with Gasteiger partial charge in [0.1, 0.15) is 12.6 Å². The molecule has 0 radical (unpaired) electrons. The Labute approximate surface area is 246 Å². The van der Waals surface area contributed by atoms with Gasteiger partial charge in [0.15, 0.2) is 11.9 Å². The molecule has 4 amide bonds. The van der Waals surface area contributed by atoms with Crippen LogP contribution >= 0.6 is 0 Å². The molecule has 1 heterocycles. The molecule has 1 aliphatic rings. The average Bonchev–Trinajstić information content (AvgIpc) is 2.95. The fraction of sp³-hybridized carbons (Fsp3) is 0.296. The number of hydrogen-bond donors (Lipinski definition) is 9. The first-order valence-electron chi connectivity index (χ1n) is 13.2. The van der Waals surface area contributed by atoms with Gasteiger partial charge in [-0.25, -0.2) is 0 Å². The van der Waals surface area contributed by atoms with Gasteiger partial charge in [0.25, 0.3) is 11.8 Å². The lowest BCUT2D eigenvalue weighted by molar-refractivity contribution is -0.155. The number of nitrogens with one attached hydrogen (secondary N) is 6. The maximum atomic E-state index is 13.1. The minimum Gasteiger partial charge on any atom is -0.480 e. The quantitative estimate of drug-likeness (QED) is 0.0852. The Morgan fingerprint density at radius 3 is 1.84 bits per heavy atom. The van der Waals surface area contributed by atoms with E-state index in [2.05, 4.69) is 21.3 Å². The number of piperazine rings is 1. The minimum atomic E-state index is -1.18. The van der Waals surface area contributed by atoms with Gasteiger partial charge >= 0.3 is 5.97 Å². The number of benzene rings is 2. The second-order valence-electron chi connectivity index (χ2n) is 9.57. The van der Waals surface area contributed by atoms with Crippen LogP contribution in [0.5, 0.6) is 0 Å². The van der Waals surface area contributed by atoms with E-state index >= 15 is 0 Å². The van der Waals surface area contributed by atoms with Crippen LogP contribution in [0.25, 0.3) is 0 Å². The van der Waals surface area contributed by atoms with E-state index in [1.807, 2.05) is 0 Å². The summed E-state index contributed by atoms with van der Waals surface area (Å²) in [5, 5.41) is 34.2. The zero-order valence-electron chi connectivity index (χ0n) is 23.2. The molecule has 1 saturated heterocycles. The first kappa shape index (κ1) is 31.9. The summed E-state index contributed by atoms with van der Waals surface area (Å²) in [6.45, 7) is -0.607. The van der Waals surface area contributed by atoms with Gasteiger partial charge in [-0.3, -0.25) is 34.8 Å². The first-order valence-corrected chi connectivity index (χ1v) is 13.2. The highest BCUT2D eigenvalue weighted by atomic mass is 16.4. The second kappa shape index (κ2) is 14.8. The maximum Gasteiger partial charge on any atom is 0.323 e. The van der Waals surface area contributed by atoms with Crippen molar-refractivity contribution in [2.75, 3.05) is 43.4 Å². The summed E-state index contributed by atoms with van der Waals surface area (Å²) in [5.41, 5.74) is 12.3. The standard InChI is InChI=1S/C27H34N10O6/c28-26(29)34-18-7-3-16(4-8-18)23(41)32-11-1-2-20-25(43)36(15-22(39)40)12-13-37(20)21(38)14-33-24(42)17-5-9-19(10-6-17)35-27(30)31/h3-10,20H,1-2,11-15H2,(H,32,41)(H,33,42)(H,39,40)(H4,28,29,34)(H4,30,31,35). The van der Waals surface area contributed by atoms with Crippen molar-refractivity contribution < 1.29 is 29.1 Å². The summed E-state index contributed by atoms with van der Waals surface area (Å²) in [6, 6.07) is 11.4. The molecule has 0 spiro atoms. The van der Waals surface area contributed by atoms with Crippen molar-refractivity contribution in [2.45, 2.75) is 18.9 Å². The normalized spacial score (nSPS) is 14.4. The van der Waals surface area contributed by atoms with E-state index in [9.17, 15) is 29.1 Å². The highest BCUT2D eigenvalue weighted by molar-refractivity contribution is 5.98. The molecular weight excluding hydrogens is 560 g/mol. The number of rotatable bonds is 12. The summed E-state index contributed by atoms with van der Waals surface area (Å²) in [4.78, 5) is 65.1. The lowest BCUT2D eigenvalue weighted by Crippen LogP contribution is -2.60. The van der Waals surface area contributed by atoms with E-state index in [1.165, 1.54) is 21.9 Å². The van der Waals surface area contributed by atoms with Crippen LogP contribution in [0.1, 0.15) is 33.6 Å². The van der Waals surface area contributed by atoms with Gasteiger partial charge in [0.2, 0.25) is 11.8 Å². The number of carboxylic acids is 1. The number of nitrogens with two attached hydrogens (primary N) is 2. The first-order chi connectivity index (χ1) is 20.4. The molecule has 11 N–H and O–H groups in total. The summed E-state index contributed by atoms with van der Waals surface area (Å²) in [6.07, 6.45) is 0.463. The van der Waals surface area contributed by atoms with Crippen molar-refractivity contribution >= 4 is 52.9 Å². The predicted molar refractivity (Wildman–Crippen MR) is 158 cm³/mol. The van der Waals surface area contributed by atoms with E-state index in [4.69, 9.17) is 22.3 Å². The van der Waals surface area contributed by atoms with Crippen molar-refractivity contribution in [3.8, 4) is 0 Å². The maximum absolute atomic E-state index is 13.1. The Balaban J connectivity index is 1.57. The molecule has 1 unspecified atom stereocenters. The Kier molecular flexibility index (Phi) is 11.0. The van der Waals surface area contributed by atoms with Crippen molar-refractivity contribution in [3.63, 3.8) is 0 Å². The van der Waals surface area contributed by atoms with Crippen LogP contribution in [-0.4, -0.2) is 95.2 Å². The molecule has 1 aliphatic heterocycles. The average molecular weight is 595 g/mol. The molecule has 1 atom stereocenters. The number of amides is 4. The van der Waals surface area contributed by atoms with E-state index in [0.29, 0.717) is 23.4 Å². The molecule has 16 heteroatoms. The zero-order chi connectivity index (χ0) is 31.5. The third kappa shape index (κ3) is 9.44. The third-order valence-corrected chi connectivity index (χ3v) is 6.42. The molecule has 0 aromatic heterocycles. The summed E-state index contributed by atoms with van der Waals surface area (Å²) in [5.74, 6) is -3.60. The Hall–Kier alpha value is -5.67. The number of aliphatic carboxylic acids is 1. The van der Waals surface area contributed by atoms with E-state index in [1.54, 1.807) is 36.4 Å². The molecule has 43 heavy (non-hydrogen) atoms. The molecule has 16 nitrogen and oxygen atoms in total. The number of hydrogen-bond acceptors (Lipinski definition) is 7. The molecule has 0 aliphatic carbocycles. The molecule has 1 fully saturated rings. The van der Waals surface area contributed by atoms with Crippen molar-refractivity contribution in [3.05, 3.63) is 59.7 Å². The predicted octanol–water partition coefficient (Wildman–Crippen LogP) is -0.639. The van der Waals surface area contributed by atoms with Crippen molar-refractivity contribution in [1.82, 2.24) is 20.4 Å². The monoisotopic (exact) mass is 594 g/mol. The van der Waals surface area contributed by atoms with Gasteiger partial charge in [-0.2, -0.15) is 0 Å². The van der Waals surface area contributed by atoms with Crippen LogP contribution in [0, 0.1) is 10.8 Å². The van der Waals surface area contributed by atoms with Crippen LogP contribution in [0.15, 0.2) is 48.5 Å². The summed E-state index contributed by atoms with van der Waals surface area (Å²) in [7, 11) is 0. The molecule has 2 aromatic carbocycles. The molecule has 3 rings (SSSR count). The Morgan fingerprint density at radius 2 is 1.35 bits per heavy atom. The SMILES string of the molecule is N=C(N)Nc1ccc(C(=O)NCCCC2C(=O)N(CC(=O)O)CCN2C(=O)CNC(=O)c2ccc(NC(=N)N)cc2)cc1. The van der Waals surface area contributed by atoms with Crippen LogP contribution in [-0.2, 0) is 14.4 Å². The largest absolute Gasteiger partial charge is 0.480 e. The third-order valence-electron chi connectivity index (χ3n) is 6.42. The smallest absolute Gasteiger partial charge is 0.323 e. The lowest BCUT2D eigenvalue weighted by Gasteiger charge is -2.40. The van der Waals surface area contributed by atoms with Gasteiger partial charge in [-0.1, -0.05) is 0 Å². The molecule has 2 aromatic rings. The van der Waals surface area contributed by atoms with Gasteiger partial charge in [0.05, 0.1) is 6.54 Å². The van der Waals surface area contributed by atoms with Gasteiger partial charge in [-0.05, 0) is 61.4 Å². The molecule has 0 saturated carbocycles. The highest BCUT2D eigenvalue weighted by Crippen LogP contribution is 2.17. The van der Waals surface area contributed by atoms with Gasteiger partial charge < -0.3 is 47.6 Å². The van der Waals surface area contributed by atoms with Crippen LogP contribution in [0.2, 0.25) is 0 Å². The van der Waals surface area contributed by atoms with Gasteiger partial charge in [-0.15, -0.1) is 0 Å². The highest BCUT2D eigenvalue weighted by Gasteiger charge is 2.37. The Morgan fingerprint density at radius 1 is 0.837 bits per heavy atom. The summed E-state index contributed by atoms with van der Waals surface area (Å²) < 4.78 is 0. The number of carbonyl (C=O) groups is 5. The molecule has 0 bridgehead atoms. The van der Waals surface area contributed by atoms with Gasteiger partial charge in [0, 0.05) is 42.1 Å². The summed E-state index contributed by atoms with van der Waals surface area (Å²) >= 11 is 0. The topological polar surface area (TPSA) is 260 Å². The van der Waals surface area contributed by atoms with Crippen LogP contribution in [0.4, 0.5) is 11.4 Å². The van der Waals surface area contributed by atoms with E-state index < -0.39 is 36.3 Å². The fourth-order valence-corrected chi connectivity index (χ4v) is 4.42. The zero-order valence-corrected chi connectivity index (χ0v) is 23.2. The number of nitrogens with zero attached hydrogens (tertiary/aromatic N) is 2. The Bertz CT molecular complexity index is 1380. The van der Waals surface area contributed by atoms with E-state index in [0.717, 1.165) is 0 Å². The van der Waals surface area contributed by atoms with E-state index in [-0.39, 0.29) is 56.0 Å². The van der Waals surface area contributed by atoms with Crippen LogP contribution < -0.4 is 32.7 Å². The number of guanidine groups is 2.